The molecule has 6 nitrogen and oxygen atoms in total. The molecule has 0 unspecified atom stereocenters. The van der Waals surface area contributed by atoms with Crippen LogP contribution in [0.2, 0.25) is 0 Å². The maximum atomic E-state index is 12.1. The molecule has 0 saturated heterocycles. The predicted octanol–water partition coefficient (Wildman–Crippen LogP) is 2.56. The molecule has 2 aliphatic rings. The van der Waals surface area contributed by atoms with Crippen molar-refractivity contribution in [3.8, 4) is 23.0 Å². The van der Waals surface area contributed by atoms with Crippen molar-refractivity contribution in [3.63, 3.8) is 0 Å². The third-order valence-electron chi connectivity index (χ3n) is 4.36. The van der Waals surface area contributed by atoms with Gasteiger partial charge in [-0.25, -0.2) is 0 Å². The summed E-state index contributed by atoms with van der Waals surface area (Å²) in [6.45, 7) is 1.30. The van der Waals surface area contributed by atoms with E-state index in [9.17, 15) is 4.79 Å². The van der Waals surface area contributed by atoms with E-state index in [4.69, 9.17) is 18.9 Å². The third-order valence-corrected chi connectivity index (χ3v) is 4.36. The highest BCUT2D eigenvalue weighted by Gasteiger charge is 2.23. The Morgan fingerprint density at radius 3 is 2.04 bits per heavy atom. The number of carbonyl (C=O) groups excluding carboxylic acids is 1. The Bertz CT molecular complexity index is 715. The molecule has 0 bridgehead atoms. The van der Waals surface area contributed by atoms with Crippen molar-refractivity contribution in [2.24, 2.45) is 0 Å². The van der Waals surface area contributed by atoms with Crippen LogP contribution in [0.25, 0.3) is 0 Å². The molecule has 2 heterocycles. The molecular formula is C20H21NO5. The quantitative estimate of drug-likeness (QED) is 0.893. The summed E-state index contributed by atoms with van der Waals surface area (Å²) in [5, 5.41) is 2.90. The lowest BCUT2D eigenvalue weighted by Crippen LogP contribution is -2.41. The first-order valence-corrected chi connectivity index (χ1v) is 8.81. The average Bonchev–Trinajstić information content (AvgIpc) is 2.70. The van der Waals surface area contributed by atoms with Crippen LogP contribution >= 0.6 is 0 Å². The zero-order chi connectivity index (χ0) is 17.8. The molecule has 0 spiro atoms. The summed E-state index contributed by atoms with van der Waals surface area (Å²) in [6.07, 6.45) is 0.678. The highest BCUT2D eigenvalue weighted by molar-refractivity contribution is 5.75. The Morgan fingerprint density at radius 2 is 1.38 bits per heavy atom. The summed E-state index contributed by atoms with van der Waals surface area (Å²) >= 11 is 0. The topological polar surface area (TPSA) is 66.0 Å². The van der Waals surface area contributed by atoms with Crippen molar-refractivity contribution in [1.29, 1.82) is 0 Å². The number of carbonyl (C=O) groups is 1. The molecule has 2 aliphatic heterocycles. The minimum atomic E-state index is -0.185. The van der Waals surface area contributed by atoms with E-state index in [1.807, 2.05) is 48.5 Å². The van der Waals surface area contributed by atoms with E-state index in [0.29, 0.717) is 38.3 Å². The van der Waals surface area contributed by atoms with E-state index in [2.05, 4.69) is 5.32 Å². The highest BCUT2D eigenvalue weighted by Crippen LogP contribution is 2.32. The van der Waals surface area contributed by atoms with Gasteiger partial charge in [0, 0.05) is 6.42 Å². The van der Waals surface area contributed by atoms with Crippen LogP contribution in [-0.2, 0) is 4.79 Å². The molecule has 0 aliphatic carbocycles. The average molecular weight is 355 g/mol. The van der Waals surface area contributed by atoms with E-state index < -0.39 is 0 Å². The van der Waals surface area contributed by atoms with Crippen molar-refractivity contribution in [3.05, 3.63) is 48.5 Å². The van der Waals surface area contributed by atoms with Crippen LogP contribution in [0.1, 0.15) is 12.8 Å². The van der Waals surface area contributed by atoms with Crippen LogP contribution in [0.4, 0.5) is 0 Å². The van der Waals surface area contributed by atoms with Gasteiger partial charge in [-0.3, -0.25) is 4.79 Å². The normalized spacial score (nSPS) is 20.3. The van der Waals surface area contributed by atoms with Gasteiger partial charge in [-0.15, -0.1) is 0 Å². The molecule has 6 heteroatoms. The van der Waals surface area contributed by atoms with Crippen LogP contribution in [0, 0.1) is 0 Å². The highest BCUT2D eigenvalue weighted by atomic mass is 16.6. The molecular weight excluding hydrogens is 334 g/mol. The molecule has 0 fully saturated rings. The first kappa shape index (κ1) is 16.6. The Morgan fingerprint density at radius 1 is 0.846 bits per heavy atom. The van der Waals surface area contributed by atoms with Crippen LogP contribution in [0.3, 0.4) is 0 Å². The SMILES string of the molecule is O=C(CC[C@@H]1COc2ccccc2O1)NC[C@H]1COc2ccccc2O1. The molecule has 1 N–H and O–H groups in total. The Kier molecular flexibility index (Phi) is 4.82. The largest absolute Gasteiger partial charge is 0.486 e. The molecule has 4 rings (SSSR count). The summed E-state index contributed by atoms with van der Waals surface area (Å²) in [4.78, 5) is 12.1. The van der Waals surface area contributed by atoms with Gasteiger partial charge in [0.25, 0.3) is 0 Å². The van der Waals surface area contributed by atoms with E-state index in [1.165, 1.54) is 0 Å². The summed E-state index contributed by atoms with van der Waals surface area (Å²) in [6, 6.07) is 15.1. The number of rotatable bonds is 5. The lowest BCUT2D eigenvalue weighted by Gasteiger charge is -2.27. The van der Waals surface area contributed by atoms with Gasteiger partial charge in [-0.05, 0) is 30.7 Å². The lowest BCUT2D eigenvalue weighted by atomic mass is 10.1. The van der Waals surface area contributed by atoms with Crippen LogP contribution in [-0.4, -0.2) is 37.9 Å². The maximum Gasteiger partial charge on any atom is 0.220 e. The predicted molar refractivity (Wildman–Crippen MR) is 94.9 cm³/mol. The van der Waals surface area contributed by atoms with Crippen molar-refractivity contribution < 1.29 is 23.7 Å². The molecule has 0 aromatic heterocycles. The number of fused-ring (bicyclic) bond motifs is 2. The van der Waals surface area contributed by atoms with Crippen LogP contribution < -0.4 is 24.3 Å². The standard InChI is InChI=1S/C20H21NO5/c22-20(10-9-14-12-23-16-5-1-3-7-18(16)25-14)21-11-15-13-24-17-6-2-4-8-19(17)26-15/h1-8,14-15H,9-13H2,(H,21,22)/t14-,15+/m1/s1. The van der Waals surface area contributed by atoms with Gasteiger partial charge in [-0.2, -0.15) is 0 Å². The van der Waals surface area contributed by atoms with Gasteiger partial charge in [0.15, 0.2) is 23.0 Å². The Labute approximate surface area is 152 Å². The molecule has 136 valence electrons. The molecule has 26 heavy (non-hydrogen) atoms. The molecule has 0 radical (unpaired) electrons. The first-order chi connectivity index (χ1) is 12.8. The van der Waals surface area contributed by atoms with Gasteiger partial charge in [0.2, 0.25) is 5.91 Å². The molecule has 1 amide bonds. The Hall–Kier alpha value is -2.89. The van der Waals surface area contributed by atoms with Crippen LogP contribution in [0.5, 0.6) is 23.0 Å². The smallest absolute Gasteiger partial charge is 0.220 e. The fraction of sp³-hybridized carbons (Fsp3) is 0.350. The maximum absolute atomic E-state index is 12.1. The summed E-state index contributed by atoms with van der Waals surface area (Å²) in [5.41, 5.74) is 0. The number of amides is 1. The summed E-state index contributed by atoms with van der Waals surface area (Å²) in [7, 11) is 0. The fourth-order valence-electron chi connectivity index (χ4n) is 2.98. The number of ether oxygens (including phenoxy) is 4. The number of nitrogens with one attached hydrogen (secondary N) is 1. The van der Waals surface area contributed by atoms with E-state index in [-0.39, 0.29) is 18.1 Å². The number of hydrogen-bond donors (Lipinski definition) is 1. The minimum absolute atomic E-state index is 0.0325. The summed E-state index contributed by atoms with van der Waals surface area (Å²) < 4.78 is 23.0. The van der Waals surface area contributed by atoms with Crippen molar-refractivity contribution in [2.75, 3.05) is 19.8 Å². The second-order valence-corrected chi connectivity index (χ2v) is 6.34. The van der Waals surface area contributed by atoms with Gasteiger partial charge < -0.3 is 24.3 Å². The number of hydrogen-bond acceptors (Lipinski definition) is 5. The number of benzene rings is 2. The molecule has 0 saturated carbocycles. The third kappa shape index (κ3) is 3.85. The first-order valence-electron chi connectivity index (χ1n) is 8.81. The van der Waals surface area contributed by atoms with Crippen molar-refractivity contribution in [2.45, 2.75) is 25.0 Å². The van der Waals surface area contributed by atoms with E-state index in [0.717, 1.165) is 17.2 Å². The van der Waals surface area contributed by atoms with Gasteiger partial charge >= 0.3 is 0 Å². The molecule has 2 atom stereocenters. The molecule has 2 aromatic rings. The second kappa shape index (κ2) is 7.56. The Balaban J connectivity index is 1.20. The van der Waals surface area contributed by atoms with Gasteiger partial charge in [0.05, 0.1) is 6.54 Å². The summed E-state index contributed by atoms with van der Waals surface area (Å²) in [5.74, 6) is 2.91. The monoisotopic (exact) mass is 355 g/mol. The number of para-hydroxylation sites is 4. The van der Waals surface area contributed by atoms with Crippen molar-refractivity contribution >= 4 is 5.91 Å². The second-order valence-electron chi connectivity index (χ2n) is 6.34. The van der Waals surface area contributed by atoms with Crippen LogP contribution in [0.15, 0.2) is 48.5 Å². The van der Waals surface area contributed by atoms with E-state index in [1.54, 1.807) is 0 Å². The molecule has 2 aromatic carbocycles. The fourth-order valence-corrected chi connectivity index (χ4v) is 2.98. The van der Waals surface area contributed by atoms with Gasteiger partial charge in [-0.1, -0.05) is 24.3 Å². The zero-order valence-corrected chi connectivity index (χ0v) is 14.4. The van der Waals surface area contributed by atoms with Gasteiger partial charge in [0.1, 0.15) is 25.4 Å². The van der Waals surface area contributed by atoms with E-state index >= 15 is 0 Å². The lowest BCUT2D eigenvalue weighted by molar-refractivity contribution is -0.122. The minimum Gasteiger partial charge on any atom is -0.486 e. The van der Waals surface area contributed by atoms with Crippen molar-refractivity contribution in [1.82, 2.24) is 5.32 Å². The zero-order valence-electron chi connectivity index (χ0n) is 14.4.